The zero-order chi connectivity index (χ0) is 16.3. The SMILES string of the molecule is CCn1c(-c2c(F)cccc2F)c(C=COC)cc(Br)c1=O. The maximum absolute atomic E-state index is 14.2. The molecule has 0 aliphatic rings. The minimum atomic E-state index is -0.726. The normalized spacial score (nSPS) is 11.1. The van der Waals surface area contributed by atoms with Crippen LogP contribution in [-0.4, -0.2) is 11.7 Å². The van der Waals surface area contributed by atoms with Crippen LogP contribution in [0.25, 0.3) is 17.3 Å². The molecule has 0 aliphatic heterocycles. The van der Waals surface area contributed by atoms with Gasteiger partial charge in [-0.2, -0.15) is 0 Å². The fraction of sp³-hybridized carbons (Fsp3) is 0.188. The van der Waals surface area contributed by atoms with Crippen LogP contribution in [0, 0.1) is 11.6 Å². The molecule has 0 saturated heterocycles. The second kappa shape index (κ2) is 6.87. The smallest absolute Gasteiger partial charge is 0.265 e. The van der Waals surface area contributed by atoms with Crippen LogP contribution in [0.4, 0.5) is 8.78 Å². The van der Waals surface area contributed by atoms with Gasteiger partial charge in [-0.1, -0.05) is 6.07 Å². The van der Waals surface area contributed by atoms with E-state index in [0.29, 0.717) is 10.0 Å². The number of aromatic nitrogens is 1. The van der Waals surface area contributed by atoms with Gasteiger partial charge in [0.2, 0.25) is 0 Å². The largest absolute Gasteiger partial charge is 0.504 e. The molecule has 0 spiro atoms. The summed E-state index contributed by atoms with van der Waals surface area (Å²) in [5, 5.41) is 0. The third-order valence-electron chi connectivity index (χ3n) is 3.17. The zero-order valence-electron chi connectivity index (χ0n) is 12.1. The lowest BCUT2D eigenvalue weighted by atomic mass is 10.0. The molecule has 0 N–H and O–H groups in total. The quantitative estimate of drug-likeness (QED) is 0.756. The van der Waals surface area contributed by atoms with E-state index in [2.05, 4.69) is 15.9 Å². The fourth-order valence-corrected chi connectivity index (χ4v) is 2.69. The van der Waals surface area contributed by atoms with E-state index in [4.69, 9.17) is 4.74 Å². The van der Waals surface area contributed by atoms with E-state index < -0.39 is 11.6 Å². The lowest BCUT2D eigenvalue weighted by Gasteiger charge is -2.16. The van der Waals surface area contributed by atoms with Gasteiger partial charge in [0.1, 0.15) is 11.6 Å². The summed E-state index contributed by atoms with van der Waals surface area (Å²) in [5.41, 5.74) is 0.0678. The van der Waals surface area contributed by atoms with Gasteiger partial charge in [0.25, 0.3) is 5.56 Å². The first-order valence-corrected chi connectivity index (χ1v) is 7.37. The van der Waals surface area contributed by atoms with Crippen LogP contribution in [0.1, 0.15) is 12.5 Å². The van der Waals surface area contributed by atoms with Gasteiger partial charge < -0.3 is 9.30 Å². The Bertz CT molecular complexity index is 764. The van der Waals surface area contributed by atoms with Gasteiger partial charge in [-0.3, -0.25) is 4.79 Å². The van der Waals surface area contributed by atoms with Crippen molar-refractivity contribution in [2.24, 2.45) is 0 Å². The molecule has 1 aromatic carbocycles. The highest BCUT2D eigenvalue weighted by Crippen LogP contribution is 2.30. The van der Waals surface area contributed by atoms with E-state index in [-0.39, 0.29) is 23.4 Å². The molecule has 0 fully saturated rings. The van der Waals surface area contributed by atoms with Crippen LogP contribution in [-0.2, 0) is 11.3 Å². The number of hydrogen-bond acceptors (Lipinski definition) is 2. The molecule has 1 aromatic heterocycles. The average Bonchev–Trinajstić information content (AvgIpc) is 2.49. The van der Waals surface area contributed by atoms with Gasteiger partial charge >= 0.3 is 0 Å². The van der Waals surface area contributed by atoms with Gasteiger partial charge in [0, 0.05) is 12.1 Å². The molecule has 0 radical (unpaired) electrons. The molecule has 0 atom stereocenters. The van der Waals surface area contributed by atoms with E-state index in [0.717, 1.165) is 12.1 Å². The monoisotopic (exact) mass is 369 g/mol. The van der Waals surface area contributed by atoms with E-state index in [1.165, 1.54) is 30.1 Å². The molecule has 0 unspecified atom stereocenters. The highest BCUT2D eigenvalue weighted by molar-refractivity contribution is 9.10. The summed E-state index contributed by atoms with van der Waals surface area (Å²) < 4.78 is 34.8. The highest BCUT2D eigenvalue weighted by atomic mass is 79.9. The predicted octanol–water partition coefficient (Wildman–Crippen LogP) is 4.19. The number of pyridine rings is 1. The topological polar surface area (TPSA) is 31.2 Å². The van der Waals surface area contributed by atoms with Gasteiger partial charge in [-0.15, -0.1) is 0 Å². The van der Waals surface area contributed by atoms with Crippen LogP contribution in [0.5, 0.6) is 0 Å². The summed E-state index contributed by atoms with van der Waals surface area (Å²) in [6, 6.07) is 5.13. The fourth-order valence-electron chi connectivity index (χ4n) is 2.23. The first-order valence-electron chi connectivity index (χ1n) is 6.58. The van der Waals surface area contributed by atoms with E-state index in [1.54, 1.807) is 13.0 Å². The van der Waals surface area contributed by atoms with Crippen molar-refractivity contribution in [3.8, 4) is 11.3 Å². The summed E-state index contributed by atoms with van der Waals surface area (Å²) in [5.74, 6) is -1.45. The number of hydrogen-bond donors (Lipinski definition) is 0. The van der Waals surface area contributed by atoms with Crippen molar-refractivity contribution >= 4 is 22.0 Å². The maximum Gasteiger partial charge on any atom is 0.265 e. The van der Waals surface area contributed by atoms with Crippen molar-refractivity contribution in [2.45, 2.75) is 13.5 Å². The Labute approximate surface area is 135 Å². The molecule has 22 heavy (non-hydrogen) atoms. The number of rotatable bonds is 4. The van der Waals surface area contributed by atoms with Gasteiger partial charge in [0.05, 0.1) is 29.1 Å². The van der Waals surface area contributed by atoms with Crippen molar-refractivity contribution in [3.05, 3.63) is 62.6 Å². The molecule has 2 rings (SSSR count). The van der Waals surface area contributed by atoms with Crippen LogP contribution in [0.3, 0.4) is 0 Å². The van der Waals surface area contributed by atoms with Gasteiger partial charge in [-0.05, 0) is 47.1 Å². The molecule has 6 heteroatoms. The second-order valence-corrected chi connectivity index (χ2v) is 5.34. The molecule has 0 saturated carbocycles. The minimum absolute atomic E-state index is 0.180. The third kappa shape index (κ3) is 2.97. The molecule has 0 aliphatic carbocycles. The number of nitrogens with zero attached hydrogens (tertiary/aromatic N) is 1. The highest BCUT2D eigenvalue weighted by Gasteiger charge is 2.19. The number of halogens is 3. The van der Waals surface area contributed by atoms with Crippen molar-refractivity contribution in [2.75, 3.05) is 7.11 Å². The van der Waals surface area contributed by atoms with E-state index in [1.807, 2.05) is 0 Å². The lowest BCUT2D eigenvalue weighted by molar-refractivity contribution is 0.341. The summed E-state index contributed by atoms with van der Waals surface area (Å²) in [6.07, 6.45) is 2.94. The molecule has 2 aromatic rings. The lowest BCUT2D eigenvalue weighted by Crippen LogP contribution is -2.23. The van der Waals surface area contributed by atoms with Crippen molar-refractivity contribution in [3.63, 3.8) is 0 Å². The van der Waals surface area contributed by atoms with Gasteiger partial charge in [-0.25, -0.2) is 8.78 Å². The predicted molar refractivity (Wildman–Crippen MR) is 85.5 cm³/mol. The first-order chi connectivity index (χ1) is 10.5. The molecule has 116 valence electrons. The second-order valence-electron chi connectivity index (χ2n) is 4.48. The van der Waals surface area contributed by atoms with E-state index in [9.17, 15) is 13.6 Å². The Morgan fingerprint density at radius 2 is 1.95 bits per heavy atom. The number of ether oxygens (including phenoxy) is 1. The van der Waals surface area contributed by atoms with Crippen LogP contribution in [0.15, 0.2) is 39.8 Å². The summed E-state index contributed by atoms with van der Waals surface area (Å²) in [4.78, 5) is 12.3. The van der Waals surface area contributed by atoms with Crippen LogP contribution < -0.4 is 5.56 Å². The molecule has 0 amide bonds. The number of benzene rings is 1. The Hall–Kier alpha value is -1.95. The summed E-state index contributed by atoms with van der Waals surface area (Å²) in [6.45, 7) is 2.01. The summed E-state index contributed by atoms with van der Waals surface area (Å²) >= 11 is 3.18. The van der Waals surface area contributed by atoms with Crippen LogP contribution in [0.2, 0.25) is 0 Å². The average molecular weight is 370 g/mol. The Morgan fingerprint density at radius 1 is 1.32 bits per heavy atom. The zero-order valence-corrected chi connectivity index (χ0v) is 13.7. The molecule has 3 nitrogen and oxygen atoms in total. The first kappa shape index (κ1) is 16.4. The molecule has 1 heterocycles. The van der Waals surface area contributed by atoms with E-state index >= 15 is 0 Å². The Kier molecular flexibility index (Phi) is 5.13. The molecule has 0 bridgehead atoms. The Balaban J connectivity index is 2.91. The standard InChI is InChI=1S/C16H14BrF2NO2/c1-3-20-15(14-12(18)5-4-6-13(14)19)10(7-8-22-2)9-11(17)16(20)21/h4-9H,3H2,1-2H3. The minimum Gasteiger partial charge on any atom is -0.504 e. The molecular weight excluding hydrogens is 356 g/mol. The van der Waals surface area contributed by atoms with Gasteiger partial charge in [0.15, 0.2) is 0 Å². The number of methoxy groups -OCH3 is 1. The summed E-state index contributed by atoms with van der Waals surface area (Å²) in [7, 11) is 1.46. The van der Waals surface area contributed by atoms with Crippen molar-refractivity contribution < 1.29 is 13.5 Å². The maximum atomic E-state index is 14.2. The Morgan fingerprint density at radius 3 is 2.50 bits per heavy atom. The van der Waals surface area contributed by atoms with Crippen molar-refractivity contribution in [1.82, 2.24) is 4.57 Å². The molecular formula is C16H14BrF2NO2. The van der Waals surface area contributed by atoms with Crippen molar-refractivity contribution in [1.29, 1.82) is 0 Å². The van der Waals surface area contributed by atoms with Crippen LogP contribution >= 0.6 is 15.9 Å². The third-order valence-corrected chi connectivity index (χ3v) is 3.74.